The number of hydrogen-bond acceptors (Lipinski definition) is 1. The SMILES string of the molecule is CC(C)CN=C(N)NC1C2C3CCC(C3)C12. The third-order valence-corrected chi connectivity index (χ3v) is 4.68. The van der Waals surface area contributed by atoms with Crippen LogP contribution in [0.2, 0.25) is 0 Å². The van der Waals surface area contributed by atoms with Gasteiger partial charge in [0.05, 0.1) is 0 Å². The fourth-order valence-corrected chi connectivity index (χ4v) is 4.02. The molecule has 0 radical (unpaired) electrons. The molecule has 2 bridgehead atoms. The first kappa shape index (κ1) is 10.4. The van der Waals surface area contributed by atoms with Crippen molar-refractivity contribution in [1.82, 2.24) is 5.32 Å². The van der Waals surface area contributed by atoms with Gasteiger partial charge in [0.1, 0.15) is 0 Å². The Hall–Kier alpha value is -0.730. The van der Waals surface area contributed by atoms with Gasteiger partial charge < -0.3 is 11.1 Å². The molecule has 3 rings (SSSR count). The van der Waals surface area contributed by atoms with Gasteiger partial charge in [-0.1, -0.05) is 13.8 Å². The van der Waals surface area contributed by atoms with E-state index in [-0.39, 0.29) is 0 Å². The highest BCUT2D eigenvalue weighted by molar-refractivity contribution is 5.78. The minimum absolute atomic E-state index is 0.593. The van der Waals surface area contributed by atoms with Crippen LogP contribution < -0.4 is 11.1 Å². The average molecular weight is 221 g/mol. The first-order valence-electron chi connectivity index (χ1n) is 6.73. The van der Waals surface area contributed by atoms with Crippen LogP contribution >= 0.6 is 0 Å². The number of fused-ring (bicyclic) bond motifs is 5. The molecule has 0 aromatic heterocycles. The van der Waals surface area contributed by atoms with Crippen LogP contribution in [0.4, 0.5) is 0 Å². The van der Waals surface area contributed by atoms with Gasteiger partial charge in [0.2, 0.25) is 0 Å². The lowest BCUT2D eigenvalue weighted by Gasteiger charge is -2.11. The zero-order valence-corrected chi connectivity index (χ0v) is 10.3. The molecule has 3 N–H and O–H groups in total. The van der Waals surface area contributed by atoms with Gasteiger partial charge in [-0.25, -0.2) is 0 Å². The van der Waals surface area contributed by atoms with Gasteiger partial charge in [-0.3, -0.25) is 4.99 Å². The molecular formula is C13H23N3. The molecule has 0 aromatic rings. The molecule has 3 saturated carbocycles. The number of nitrogens with two attached hydrogens (primary N) is 1. The molecule has 3 aliphatic carbocycles. The third-order valence-electron chi connectivity index (χ3n) is 4.68. The Morgan fingerprint density at radius 2 is 1.94 bits per heavy atom. The van der Waals surface area contributed by atoms with Crippen molar-refractivity contribution < 1.29 is 0 Å². The third kappa shape index (κ3) is 1.61. The Balaban J connectivity index is 1.53. The number of nitrogens with one attached hydrogen (secondary N) is 1. The highest BCUT2D eigenvalue weighted by Gasteiger charge is 2.65. The largest absolute Gasteiger partial charge is 0.370 e. The van der Waals surface area contributed by atoms with Crippen molar-refractivity contribution in [3.63, 3.8) is 0 Å². The van der Waals surface area contributed by atoms with Gasteiger partial charge in [-0.05, 0) is 48.9 Å². The zero-order valence-electron chi connectivity index (χ0n) is 10.3. The summed E-state index contributed by atoms with van der Waals surface area (Å²) in [7, 11) is 0. The number of nitrogens with zero attached hydrogens (tertiary/aromatic N) is 1. The van der Waals surface area contributed by atoms with Crippen LogP contribution in [0.3, 0.4) is 0 Å². The fraction of sp³-hybridized carbons (Fsp3) is 0.923. The average Bonchev–Trinajstić information content (AvgIpc) is 2.66. The second-order valence-corrected chi connectivity index (χ2v) is 6.28. The number of aliphatic imine (C=N–C) groups is 1. The van der Waals surface area contributed by atoms with Gasteiger partial charge in [0.25, 0.3) is 0 Å². The smallest absolute Gasteiger partial charge is 0.188 e. The van der Waals surface area contributed by atoms with E-state index in [9.17, 15) is 0 Å². The first-order chi connectivity index (χ1) is 7.66. The standard InChI is InChI=1S/C13H23N3/c1-7(2)6-15-13(14)16-12-10-8-3-4-9(5-8)11(10)12/h7-12H,3-6H2,1-2H3,(H3,14,15,16). The molecule has 4 atom stereocenters. The van der Waals surface area contributed by atoms with E-state index in [4.69, 9.17) is 5.73 Å². The van der Waals surface area contributed by atoms with E-state index in [1.54, 1.807) is 0 Å². The van der Waals surface area contributed by atoms with Crippen LogP contribution in [0, 0.1) is 29.6 Å². The van der Waals surface area contributed by atoms with Gasteiger partial charge in [-0.15, -0.1) is 0 Å². The van der Waals surface area contributed by atoms with Crippen molar-refractivity contribution in [2.24, 2.45) is 40.3 Å². The van der Waals surface area contributed by atoms with Gasteiger partial charge in [0, 0.05) is 12.6 Å². The molecule has 4 unspecified atom stereocenters. The van der Waals surface area contributed by atoms with Gasteiger partial charge in [0.15, 0.2) is 5.96 Å². The maximum atomic E-state index is 5.92. The summed E-state index contributed by atoms with van der Waals surface area (Å²) >= 11 is 0. The topological polar surface area (TPSA) is 50.4 Å². The Kier molecular flexibility index (Phi) is 2.37. The lowest BCUT2D eigenvalue weighted by Crippen LogP contribution is -2.36. The molecule has 3 nitrogen and oxygen atoms in total. The Bertz CT molecular complexity index is 294. The number of guanidine groups is 1. The molecule has 0 heterocycles. The summed E-state index contributed by atoms with van der Waals surface area (Å²) in [5.74, 6) is 5.15. The maximum absolute atomic E-state index is 5.92. The van der Waals surface area contributed by atoms with Crippen molar-refractivity contribution in [1.29, 1.82) is 0 Å². The number of hydrogen-bond donors (Lipinski definition) is 2. The highest BCUT2D eigenvalue weighted by atomic mass is 15.2. The van der Waals surface area contributed by atoms with Crippen molar-refractivity contribution in [3.05, 3.63) is 0 Å². The summed E-state index contributed by atoms with van der Waals surface area (Å²) in [5, 5.41) is 3.44. The van der Waals surface area contributed by atoms with E-state index >= 15 is 0 Å². The van der Waals surface area contributed by atoms with Crippen molar-refractivity contribution >= 4 is 5.96 Å². The molecule has 90 valence electrons. The maximum Gasteiger partial charge on any atom is 0.188 e. The normalized spacial score (nSPS) is 44.9. The van der Waals surface area contributed by atoms with Gasteiger partial charge in [-0.2, -0.15) is 0 Å². The molecule has 0 aromatic carbocycles. The van der Waals surface area contributed by atoms with E-state index in [1.165, 1.54) is 19.3 Å². The summed E-state index contributed by atoms with van der Waals surface area (Å²) in [5.41, 5.74) is 5.92. The number of rotatable bonds is 3. The van der Waals surface area contributed by atoms with Crippen LogP contribution in [0.25, 0.3) is 0 Å². The van der Waals surface area contributed by atoms with Crippen LogP contribution in [-0.4, -0.2) is 18.5 Å². The summed E-state index contributed by atoms with van der Waals surface area (Å²) in [4.78, 5) is 4.38. The van der Waals surface area contributed by atoms with Crippen LogP contribution in [0.5, 0.6) is 0 Å². The second kappa shape index (κ2) is 3.64. The molecule has 0 saturated heterocycles. The summed E-state index contributed by atoms with van der Waals surface area (Å²) in [6, 6.07) is 0.669. The predicted octanol–water partition coefficient (Wildman–Crippen LogP) is 1.59. The molecular weight excluding hydrogens is 198 g/mol. The van der Waals surface area contributed by atoms with Crippen molar-refractivity contribution in [2.45, 2.75) is 39.2 Å². The van der Waals surface area contributed by atoms with Crippen LogP contribution in [-0.2, 0) is 0 Å². The monoisotopic (exact) mass is 221 g/mol. The Morgan fingerprint density at radius 3 is 2.50 bits per heavy atom. The fourth-order valence-electron chi connectivity index (χ4n) is 4.02. The molecule has 3 aliphatic rings. The molecule has 0 amide bonds. The van der Waals surface area contributed by atoms with Crippen LogP contribution in [0.1, 0.15) is 33.1 Å². The minimum atomic E-state index is 0.593. The minimum Gasteiger partial charge on any atom is -0.370 e. The molecule has 16 heavy (non-hydrogen) atoms. The highest BCUT2D eigenvalue weighted by Crippen LogP contribution is 2.65. The summed E-state index contributed by atoms with van der Waals surface area (Å²) < 4.78 is 0. The van der Waals surface area contributed by atoms with Gasteiger partial charge >= 0.3 is 0 Å². The predicted molar refractivity (Wildman–Crippen MR) is 66.1 cm³/mol. The lowest BCUT2D eigenvalue weighted by atomic mass is 10.0. The summed E-state index contributed by atoms with van der Waals surface area (Å²) in [6.45, 7) is 5.18. The Labute approximate surface area is 97.9 Å². The quantitative estimate of drug-likeness (QED) is 0.561. The van der Waals surface area contributed by atoms with Crippen LogP contribution in [0.15, 0.2) is 4.99 Å². The van der Waals surface area contributed by atoms with E-state index in [0.717, 1.165) is 30.2 Å². The lowest BCUT2D eigenvalue weighted by molar-refractivity contribution is 0.456. The molecule has 0 aliphatic heterocycles. The van der Waals surface area contributed by atoms with E-state index < -0.39 is 0 Å². The van der Waals surface area contributed by atoms with E-state index in [1.807, 2.05) is 0 Å². The van der Waals surface area contributed by atoms with E-state index in [0.29, 0.717) is 17.9 Å². The summed E-state index contributed by atoms with van der Waals surface area (Å²) in [6.07, 6.45) is 4.43. The first-order valence-corrected chi connectivity index (χ1v) is 6.73. The Morgan fingerprint density at radius 1 is 1.31 bits per heavy atom. The molecule has 3 fully saturated rings. The second-order valence-electron chi connectivity index (χ2n) is 6.28. The van der Waals surface area contributed by atoms with Crippen molar-refractivity contribution in [2.75, 3.05) is 6.54 Å². The van der Waals surface area contributed by atoms with Crippen molar-refractivity contribution in [3.8, 4) is 0 Å². The van der Waals surface area contributed by atoms with E-state index in [2.05, 4.69) is 24.2 Å². The molecule has 3 heteroatoms. The zero-order chi connectivity index (χ0) is 11.3. The molecule has 0 spiro atoms.